The van der Waals surface area contributed by atoms with Crippen molar-refractivity contribution in [2.75, 3.05) is 17.4 Å². The van der Waals surface area contributed by atoms with Crippen LogP contribution in [-0.4, -0.2) is 44.3 Å². The number of carbonyl (C=O) groups excluding carboxylic acids is 2. The zero-order valence-corrected chi connectivity index (χ0v) is 24.6. The quantitative estimate of drug-likeness (QED) is 0.338. The van der Waals surface area contributed by atoms with Crippen molar-refractivity contribution in [3.63, 3.8) is 0 Å². The standard InChI is InChI=1S/C30H36ClN3O4S/c1-21(2)18-32-30(36)24(5)33(19-25-8-6-7-23(4)17-25)29(35)20-34(27-13-11-26(31)12-14-27)39(37,38)28-15-9-22(3)10-16-28/h6-17,21,24H,18-20H2,1-5H3,(H,32,36)/t24-/m1/s1. The molecule has 3 aromatic carbocycles. The van der Waals surface area contributed by atoms with Crippen LogP contribution < -0.4 is 9.62 Å². The molecular formula is C30H36ClN3O4S. The van der Waals surface area contributed by atoms with Crippen molar-refractivity contribution in [3.05, 3.63) is 94.5 Å². The Morgan fingerprint density at radius 3 is 2.13 bits per heavy atom. The fraction of sp³-hybridized carbons (Fsp3) is 0.333. The summed E-state index contributed by atoms with van der Waals surface area (Å²) >= 11 is 6.06. The topological polar surface area (TPSA) is 86.8 Å². The molecule has 0 aliphatic heterocycles. The maximum Gasteiger partial charge on any atom is 0.264 e. The van der Waals surface area contributed by atoms with Gasteiger partial charge in [0.15, 0.2) is 0 Å². The van der Waals surface area contributed by atoms with Gasteiger partial charge in [-0.05, 0) is 68.7 Å². The Hall–Kier alpha value is -3.36. The van der Waals surface area contributed by atoms with Gasteiger partial charge in [-0.3, -0.25) is 13.9 Å². The lowest BCUT2D eigenvalue weighted by Gasteiger charge is -2.32. The average molecular weight is 570 g/mol. The van der Waals surface area contributed by atoms with Gasteiger partial charge in [-0.2, -0.15) is 0 Å². The molecule has 0 fully saturated rings. The molecule has 0 aromatic heterocycles. The zero-order valence-electron chi connectivity index (χ0n) is 23.0. The third-order valence-corrected chi connectivity index (χ3v) is 8.33. The van der Waals surface area contributed by atoms with Crippen LogP contribution in [0.2, 0.25) is 5.02 Å². The van der Waals surface area contributed by atoms with Crippen molar-refractivity contribution >= 4 is 39.1 Å². The van der Waals surface area contributed by atoms with Crippen LogP contribution in [0.3, 0.4) is 0 Å². The first kappa shape index (κ1) is 30.2. The van der Waals surface area contributed by atoms with Crippen LogP contribution in [0.5, 0.6) is 0 Å². The molecule has 0 aliphatic rings. The number of sulfonamides is 1. The number of halogens is 1. The Morgan fingerprint density at radius 2 is 1.54 bits per heavy atom. The monoisotopic (exact) mass is 569 g/mol. The molecular weight excluding hydrogens is 534 g/mol. The first-order valence-corrected chi connectivity index (χ1v) is 14.7. The molecule has 0 aliphatic carbocycles. The van der Waals surface area contributed by atoms with Gasteiger partial charge in [-0.25, -0.2) is 8.42 Å². The zero-order chi connectivity index (χ0) is 28.7. The molecule has 9 heteroatoms. The van der Waals surface area contributed by atoms with Crippen LogP contribution in [0.15, 0.2) is 77.7 Å². The fourth-order valence-corrected chi connectivity index (χ4v) is 5.56. The molecule has 2 amide bonds. The number of carbonyl (C=O) groups is 2. The third kappa shape index (κ3) is 8.07. The van der Waals surface area contributed by atoms with Crippen LogP contribution in [0, 0.1) is 19.8 Å². The van der Waals surface area contributed by atoms with E-state index in [0.29, 0.717) is 17.3 Å². The van der Waals surface area contributed by atoms with Gasteiger partial charge >= 0.3 is 0 Å². The van der Waals surface area contributed by atoms with Crippen molar-refractivity contribution in [2.24, 2.45) is 5.92 Å². The average Bonchev–Trinajstić information content (AvgIpc) is 2.89. The van der Waals surface area contributed by atoms with Gasteiger partial charge in [-0.1, -0.05) is 73.0 Å². The van der Waals surface area contributed by atoms with Gasteiger partial charge in [0, 0.05) is 18.1 Å². The number of benzene rings is 3. The van der Waals surface area contributed by atoms with Crippen LogP contribution in [0.25, 0.3) is 0 Å². The third-order valence-electron chi connectivity index (χ3n) is 6.29. The van der Waals surface area contributed by atoms with Crippen molar-refractivity contribution in [3.8, 4) is 0 Å². The SMILES string of the molecule is Cc1ccc(S(=O)(=O)N(CC(=O)N(Cc2cccc(C)c2)[C@H](C)C(=O)NCC(C)C)c2ccc(Cl)cc2)cc1. The van der Waals surface area contributed by atoms with E-state index in [0.717, 1.165) is 21.0 Å². The van der Waals surface area contributed by atoms with E-state index in [4.69, 9.17) is 11.6 Å². The van der Waals surface area contributed by atoms with Crippen LogP contribution in [0.1, 0.15) is 37.5 Å². The Kier molecular flexibility index (Phi) is 10.2. The number of nitrogens with zero attached hydrogens (tertiary/aromatic N) is 2. The smallest absolute Gasteiger partial charge is 0.264 e. The van der Waals surface area contributed by atoms with E-state index in [9.17, 15) is 18.0 Å². The molecule has 0 unspecified atom stereocenters. The Labute approximate surface area is 236 Å². The molecule has 39 heavy (non-hydrogen) atoms. The molecule has 7 nitrogen and oxygen atoms in total. The molecule has 0 bridgehead atoms. The van der Waals surface area contributed by atoms with E-state index >= 15 is 0 Å². The predicted octanol–water partition coefficient (Wildman–Crippen LogP) is 5.34. The number of hydrogen-bond donors (Lipinski definition) is 1. The maximum atomic E-state index is 13.9. The Morgan fingerprint density at radius 1 is 0.897 bits per heavy atom. The number of amides is 2. The summed E-state index contributed by atoms with van der Waals surface area (Å²) in [6.45, 7) is 9.57. The van der Waals surface area contributed by atoms with Crippen molar-refractivity contribution in [1.82, 2.24) is 10.2 Å². The Balaban J connectivity index is 2.01. The fourth-order valence-electron chi connectivity index (χ4n) is 4.02. The lowest BCUT2D eigenvalue weighted by Crippen LogP contribution is -2.51. The van der Waals surface area contributed by atoms with E-state index in [-0.39, 0.29) is 23.3 Å². The van der Waals surface area contributed by atoms with E-state index < -0.39 is 28.5 Å². The summed E-state index contributed by atoms with van der Waals surface area (Å²) in [4.78, 5) is 28.4. The van der Waals surface area contributed by atoms with Crippen LogP contribution in [0.4, 0.5) is 5.69 Å². The summed E-state index contributed by atoms with van der Waals surface area (Å²) in [6, 6.07) is 19.6. The second-order valence-electron chi connectivity index (χ2n) is 10.1. The lowest BCUT2D eigenvalue weighted by molar-refractivity contribution is -0.139. The number of rotatable bonds is 11. The molecule has 0 saturated heterocycles. The first-order valence-electron chi connectivity index (χ1n) is 12.9. The van der Waals surface area contributed by atoms with E-state index in [1.54, 1.807) is 43.3 Å². The molecule has 3 aromatic rings. The normalized spacial score (nSPS) is 12.2. The van der Waals surface area contributed by atoms with E-state index in [1.807, 2.05) is 52.0 Å². The molecule has 0 radical (unpaired) electrons. The highest BCUT2D eigenvalue weighted by Crippen LogP contribution is 2.26. The van der Waals surface area contributed by atoms with Gasteiger partial charge in [0.05, 0.1) is 10.6 Å². The van der Waals surface area contributed by atoms with Crippen LogP contribution in [-0.2, 0) is 26.2 Å². The first-order chi connectivity index (χ1) is 18.4. The maximum absolute atomic E-state index is 13.9. The largest absolute Gasteiger partial charge is 0.354 e. The van der Waals surface area contributed by atoms with Gasteiger partial charge in [-0.15, -0.1) is 0 Å². The number of aryl methyl sites for hydroxylation is 2. The summed E-state index contributed by atoms with van der Waals surface area (Å²) in [5.41, 5.74) is 3.06. The van der Waals surface area contributed by atoms with Gasteiger partial charge in [0.1, 0.15) is 12.6 Å². The summed E-state index contributed by atoms with van der Waals surface area (Å²) in [6.07, 6.45) is 0. The second-order valence-corrected chi connectivity index (χ2v) is 12.4. The predicted molar refractivity (Wildman–Crippen MR) is 156 cm³/mol. The molecule has 208 valence electrons. The van der Waals surface area contributed by atoms with Crippen LogP contribution >= 0.6 is 11.6 Å². The minimum Gasteiger partial charge on any atom is -0.354 e. The number of anilines is 1. The highest BCUT2D eigenvalue weighted by molar-refractivity contribution is 7.92. The molecule has 1 N–H and O–H groups in total. The Bertz CT molecular complexity index is 1390. The molecule has 0 saturated carbocycles. The summed E-state index contributed by atoms with van der Waals surface area (Å²) in [5.74, 6) is -0.569. The minimum atomic E-state index is -4.12. The molecule has 0 heterocycles. The molecule has 3 rings (SSSR count). The summed E-state index contributed by atoms with van der Waals surface area (Å²) < 4.78 is 28.7. The minimum absolute atomic E-state index is 0.0591. The van der Waals surface area contributed by atoms with Gasteiger partial charge in [0.2, 0.25) is 11.8 Å². The highest BCUT2D eigenvalue weighted by atomic mass is 35.5. The molecule has 0 spiro atoms. The van der Waals surface area contributed by atoms with Gasteiger partial charge in [0.25, 0.3) is 10.0 Å². The summed E-state index contributed by atoms with van der Waals surface area (Å²) in [7, 11) is -4.12. The van der Waals surface area contributed by atoms with E-state index in [1.165, 1.54) is 17.0 Å². The highest BCUT2D eigenvalue weighted by Gasteiger charge is 2.32. The summed E-state index contributed by atoms with van der Waals surface area (Å²) in [5, 5.41) is 3.33. The van der Waals surface area contributed by atoms with Crippen molar-refractivity contribution in [2.45, 2.75) is 52.1 Å². The van der Waals surface area contributed by atoms with Crippen molar-refractivity contribution in [1.29, 1.82) is 0 Å². The number of nitrogens with one attached hydrogen (secondary N) is 1. The molecule has 1 atom stereocenters. The number of hydrogen-bond acceptors (Lipinski definition) is 4. The van der Waals surface area contributed by atoms with Crippen molar-refractivity contribution < 1.29 is 18.0 Å². The van der Waals surface area contributed by atoms with E-state index in [2.05, 4.69) is 5.32 Å². The van der Waals surface area contributed by atoms with Gasteiger partial charge < -0.3 is 10.2 Å². The second kappa shape index (κ2) is 13.1. The lowest BCUT2D eigenvalue weighted by atomic mass is 10.1.